The van der Waals surface area contributed by atoms with E-state index in [1.54, 1.807) is 0 Å². The highest BCUT2D eigenvalue weighted by atomic mass is 16.3. The van der Waals surface area contributed by atoms with Crippen molar-refractivity contribution in [1.29, 1.82) is 0 Å². The Morgan fingerprint density at radius 1 is 0.356 bits per heavy atom. The number of aromatic nitrogens is 3. The average molecular weight is 576 g/mol. The van der Waals surface area contributed by atoms with Gasteiger partial charge in [0.15, 0.2) is 17.5 Å². The first-order valence-corrected chi connectivity index (χ1v) is 15.0. The van der Waals surface area contributed by atoms with Crippen molar-refractivity contribution in [3.63, 3.8) is 0 Å². The summed E-state index contributed by atoms with van der Waals surface area (Å²) in [7, 11) is 0. The number of benzene rings is 7. The maximum Gasteiger partial charge on any atom is 0.164 e. The first-order valence-electron chi connectivity index (χ1n) is 15.0. The van der Waals surface area contributed by atoms with Crippen molar-refractivity contribution < 1.29 is 4.42 Å². The summed E-state index contributed by atoms with van der Waals surface area (Å²) in [5.41, 5.74) is 6.55. The molecule has 0 bridgehead atoms. The highest BCUT2D eigenvalue weighted by molar-refractivity contribution is 6.14. The van der Waals surface area contributed by atoms with E-state index in [9.17, 15) is 0 Å². The molecule has 2 heterocycles. The molecule has 4 nitrogen and oxygen atoms in total. The van der Waals surface area contributed by atoms with Gasteiger partial charge < -0.3 is 4.42 Å². The Labute approximate surface area is 259 Å². The molecular weight excluding hydrogens is 550 g/mol. The summed E-state index contributed by atoms with van der Waals surface area (Å²) in [5, 5.41) is 6.78. The van der Waals surface area contributed by atoms with Crippen LogP contribution < -0.4 is 0 Å². The van der Waals surface area contributed by atoms with Crippen LogP contribution in [-0.2, 0) is 0 Å². The number of hydrogen-bond donors (Lipinski definition) is 0. The summed E-state index contributed by atoms with van der Waals surface area (Å²) in [4.78, 5) is 15.0. The van der Waals surface area contributed by atoms with Crippen LogP contribution in [0.5, 0.6) is 0 Å². The van der Waals surface area contributed by atoms with E-state index in [0.717, 1.165) is 55.1 Å². The van der Waals surface area contributed by atoms with Crippen LogP contribution in [0.1, 0.15) is 0 Å². The smallest absolute Gasteiger partial charge is 0.164 e. The molecule has 0 aliphatic heterocycles. The lowest BCUT2D eigenvalue weighted by molar-refractivity contribution is 0.670. The minimum absolute atomic E-state index is 0.613. The largest absolute Gasteiger partial charge is 0.455 e. The van der Waals surface area contributed by atoms with Gasteiger partial charge in [0, 0.05) is 33.0 Å². The van der Waals surface area contributed by atoms with Gasteiger partial charge in [-0.1, -0.05) is 121 Å². The molecule has 0 N–H and O–H groups in total. The van der Waals surface area contributed by atoms with Gasteiger partial charge in [-0.2, -0.15) is 0 Å². The number of fused-ring (bicyclic) bond motifs is 5. The fraction of sp³-hybridized carbons (Fsp3) is 0. The van der Waals surface area contributed by atoms with Gasteiger partial charge >= 0.3 is 0 Å². The number of furan rings is 1. The zero-order valence-corrected chi connectivity index (χ0v) is 24.2. The Balaban J connectivity index is 1.35. The van der Waals surface area contributed by atoms with Gasteiger partial charge in [0.05, 0.1) is 0 Å². The van der Waals surface area contributed by atoms with E-state index >= 15 is 0 Å². The van der Waals surface area contributed by atoms with Crippen LogP contribution in [0.2, 0.25) is 0 Å². The Morgan fingerprint density at radius 2 is 0.889 bits per heavy atom. The van der Waals surface area contributed by atoms with E-state index in [2.05, 4.69) is 91.0 Å². The molecular formula is C41H25N3O. The minimum atomic E-state index is 0.613. The van der Waals surface area contributed by atoms with Gasteiger partial charge in [0.25, 0.3) is 0 Å². The first kappa shape index (κ1) is 25.4. The highest BCUT2D eigenvalue weighted by Crippen LogP contribution is 2.41. The Kier molecular flexibility index (Phi) is 5.78. The van der Waals surface area contributed by atoms with Crippen LogP contribution in [0.25, 0.3) is 88.8 Å². The molecule has 0 aliphatic carbocycles. The molecule has 0 saturated heterocycles. The summed E-state index contributed by atoms with van der Waals surface area (Å²) in [6, 6.07) is 52.3. The molecule has 45 heavy (non-hydrogen) atoms. The summed E-state index contributed by atoms with van der Waals surface area (Å²) in [5.74, 6) is 1.88. The molecule has 7 aromatic carbocycles. The monoisotopic (exact) mass is 575 g/mol. The van der Waals surface area contributed by atoms with E-state index in [1.165, 1.54) is 16.2 Å². The van der Waals surface area contributed by atoms with Crippen LogP contribution in [0, 0.1) is 0 Å². The van der Waals surface area contributed by atoms with Gasteiger partial charge in [-0.05, 0) is 57.4 Å². The van der Waals surface area contributed by atoms with Crippen LogP contribution in [0.3, 0.4) is 0 Å². The zero-order chi connectivity index (χ0) is 29.7. The molecule has 0 spiro atoms. The topological polar surface area (TPSA) is 51.8 Å². The Bertz CT molecular complexity index is 2480. The third-order valence-corrected chi connectivity index (χ3v) is 8.46. The van der Waals surface area contributed by atoms with Crippen molar-refractivity contribution in [3.05, 3.63) is 152 Å². The highest BCUT2D eigenvalue weighted by Gasteiger charge is 2.19. The van der Waals surface area contributed by atoms with Crippen LogP contribution >= 0.6 is 0 Å². The second-order valence-corrected chi connectivity index (χ2v) is 11.3. The molecule has 2 aromatic heterocycles. The lowest BCUT2D eigenvalue weighted by atomic mass is 9.96. The lowest BCUT2D eigenvalue weighted by Crippen LogP contribution is -2.00. The van der Waals surface area contributed by atoms with Crippen molar-refractivity contribution in [3.8, 4) is 45.3 Å². The molecule has 9 rings (SSSR count). The average Bonchev–Trinajstić information content (AvgIpc) is 3.47. The number of rotatable bonds is 4. The summed E-state index contributed by atoms with van der Waals surface area (Å²) in [6.07, 6.45) is 0. The standard InChI is InChI=1S/C41H25N3O/c1-3-12-27(13-4-1)39-42-40(28-14-5-2-6-15-28)44-41(43-39)33-23-34(32-20-19-26-11-7-8-16-29(26)21-32)38-36(24-33)35-22-30-17-9-10-18-31(30)25-37(35)45-38/h1-25H. The van der Waals surface area contributed by atoms with Crippen LogP contribution in [-0.4, -0.2) is 15.0 Å². The van der Waals surface area contributed by atoms with E-state index in [0.29, 0.717) is 17.5 Å². The van der Waals surface area contributed by atoms with Gasteiger partial charge in [-0.15, -0.1) is 0 Å². The van der Waals surface area contributed by atoms with E-state index < -0.39 is 0 Å². The Hall–Kier alpha value is -6.13. The Morgan fingerprint density at radius 3 is 1.53 bits per heavy atom. The van der Waals surface area contributed by atoms with Gasteiger partial charge in [0.1, 0.15) is 11.2 Å². The normalized spacial score (nSPS) is 11.6. The van der Waals surface area contributed by atoms with Gasteiger partial charge in [0.2, 0.25) is 0 Å². The van der Waals surface area contributed by atoms with Crippen LogP contribution in [0.15, 0.2) is 156 Å². The summed E-state index contributed by atoms with van der Waals surface area (Å²) in [6.45, 7) is 0. The van der Waals surface area contributed by atoms with Crippen molar-refractivity contribution in [1.82, 2.24) is 15.0 Å². The molecule has 4 heteroatoms. The van der Waals surface area contributed by atoms with Crippen molar-refractivity contribution in [2.24, 2.45) is 0 Å². The van der Waals surface area contributed by atoms with E-state index in [4.69, 9.17) is 19.4 Å². The molecule has 0 saturated carbocycles. The fourth-order valence-corrected chi connectivity index (χ4v) is 6.20. The quantitative estimate of drug-likeness (QED) is 0.209. The maximum absolute atomic E-state index is 6.68. The van der Waals surface area contributed by atoms with Gasteiger partial charge in [-0.3, -0.25) is 0 Å². The third-order valence-electron chi connectivity index (χ3n) is 8.46. The number of nitrogens with zero attached hydrogens (tertiary/aromatic N) is 3. The molecule has 0 atom stereocenters. The minimum Gasteiger partial charge on any atom is -0.455 e. The number of hydrogen-bond acceptors (Lipinski definition) is 4. The van der Waals surface area contributed by atoms with E-state index in [1.807, 2.05) is 60.7 Å². The van der Waals surface area contributed by atoms with Crippen molar-refractivity contribution >= 4 is 43.5 Å². The van der Waals surface area contributed by atoms with Crippen molar-refractivity contribution in [2.75, 3.05) is 0 Å². The second kappa shape index (κ2) is 10.2. The predicted octanol–water partition coefficient (Wildman–Crippen LogP) is 10.7. The molecule has 0 amide bonds. The fourth-order valence-electron chi connectivity index (χ4n) is 6.20. The molecule has 0 aliphatic rings. The summed E-state index contributed by atoms with van der Waals surface area (Å²) >= 11 is 0. The molecule has 0 unspecified atom stereocenters. The molecule has 210 valence electrons. The zero-order valence-electron chi connectivity index (χ0n) is 24.2. The van der Waals surface area contributed by atoms with Crippen LogP contribution in [0.4, 0.5) is 0 Å². The van der Waals surface area contributed by atoms with Crippen molar-refractivity contribution in [2.45, 2.75) is 0 Å². The molecule has 9 aromatic rings. The lowest BCUT2D eigenvalue weighted by Gasteiger charge is -2.11. The summed E-state index contributed by atoms with van der Waals surface area (Å²) < 4.78 is 6.68. The molecule has 0 radical (unpaired) electrons. The SMILES string of the molecule is c1ccc(-c2nc(-c3ccccc3)nc(-c3cc(-c4ccc5ccccc5c4)c4oc5cc6ccccc6cc5c4c3)n2)cc1. The predicted molar refractivity (Wildman–Crippen MR) is 184 cm³/mol. The second-order valence-electron chi connectivity index (χ2n) is 11.3. The van der Waals surface area contributed by atoms with Gasteiger partial charge in [-0.25, -0.2) is 15.0 Å². The maximum atomic E-state index is 6.68. The van der Waals surface area contributed by atoms with E-state index in [-0.39, 0.29) is 0 Å². The first-order chi connectivity index (χ1) is 22.3. The third kappa shape index (κ3) is 4.43. The molecule has 0 fully saturated rings.